The van der Waals surface area contributed by atoms with Crippen LogP contribution in [0.2, 0.25) is 5.02 Å². The summed E-state index contributed by atoms with van der Waals surface area (Å²) in [5, 5.41) is 32.0. The molecule has 26 heavy (non-hydrogen) atoms. The molecule has 0 bridgehead atoms. The number of aromatic nitrogens is 3. The fourth-order valence-electron chi connectivity index (χ4n) is 3.05. The molecule has 0 spiro atoms. The van der Waals surface area contributed by atoms with Crippen LogP contribution in [0.1, 0.15) is 41.5 Å². The highest BCUT2D eigenvalue weighted by atomic mass is 35.5. The predicted molar refractivity (Wildman–Crippen MR) is 105 cm³/mol. The summed E-state index contributed by atoms with van der Waals surface area (Å²) < 4.78 is 0. The second kappa shape index (κ2) is 5.91. The van der Waals surface area contributed by atoms with E-state index in [1.807, 2.05) is 26.8 Å². The van der Waals surface area contributed by atoms with Crippen LogP contribution < -0.4 is 0 Å². The highest BCUT2D eigenvalue weighted by Crippen LogP contribution is 2.45. The molecule has 0 aliphatic heterocycles. The van der Waals surface area contributed by atoms with Gasteiger partial charge in [-0.1, -0.05) is 53.1 Å². The maximum Gasteiger partial charge on any atom is 0.131 e. The summed E-state index contributed by atoms with van der Waals surface area (Å²) in [5.74, 6) is 0. The molecule has 0 radical (unpaired) electrons. The van der Waals surface area contributed by atoms with Crippen molar-refractivity contribution < 1.29 is 10.2 Å². The van der Waals surface area contributed by atoms with Gasteiger partial charge in [0.25, 0.3) is 0 Å². The van der Waals surface area contributed by atoms with Gasteiger partial charge in [0.2, 0.25) is 0 Å². The first-order valence-electron chi connectivity index (χ1n) is 8.71. The molecule has 2 atom stereocenters. The van der Waals surface area contributed by atoms with Crippen LogP contribution in [0.3, 0.4) is 0 Å². The first-order chi connectivity index (χ1) is 11.8. The standard InChI is InChI=1S/C20H26ClN3O2/c1-18(2,3)12-9-16(17(25)20(26,11-12)19(4,5)6)24-22-14-8-7-13(21)10-15(14)23-24/h7-11,17,25-26H,1-6H3. The molecule has 1 aromatic heterocycles. The minimum absolute atomic E-state index is 0.208. The third-order valence-electron chi connectivity index (χ3n) is 5.02. The third kappa shape index (κ3) is 3.08. The molecule has 1 aromatic carbocycles. The average Bonchev–Trinajstić information content (AvgIpc) is 2.90. The van der Waals surface area contributed by atoms with Crippen molar-refractivity contribution in [1.82, 2.24) is 15.0 Å². The van der Waals surface area contributed by atoms with E-state index in [1.165, 1.54) is 4.80 Å². The van der Waals surface area contributed by atoms with Crippen molar-refractivity contribution >= 4 is 28.3 Å². The summed E-state index contributed by atoms with van der Waals surface area (Å²) in [7, 11) is 0. The molecule has 1 aliphatic carbocycles. The zero-order chi connectivity index (χ0) is 19.5. The predicted octanol–water partition coefficient (Wildman–Crippen LogP) is 4.05. The SMILES string of the molecule is CC(C)(C)C1=CC(O)(C(C)(C)C)C(O)C(n2nc3ccc(Cl)cc3n2)=C1. The van der Waals surface area contributed by atoms with Crippen molar-refractivity contribution in [1.29, 1.82) is 0 Å². The number of hydrogen-bond donors (Lipinski definition) is 2. The minimum atomic E-state index is -1.45. The number of rotatable bonds is 1. The maximum absolute atomic E-state index is 11.4. The molecular formula is C20H26ClN3O2. The Balaban J connectivity index is 2.20. The number of aliphatic hydroxyl groups is 2. The number of benzene rings is 1. The zero-order valence-electron chi connectivity index (χ0n) is 16.1. The van der Waals surface area contributed by atoms with E-state index in [1.54, 1.807) is 24.3 Å². The van der Waals surface area contributed by atoms with Gasteiger partial charge in [-0.05, 0) is 46.8 Å². The van der Waals surface area contributed by atoms with E-state index in [9.17, 15) is 10.2 Å². The largest absolute Gasteiger partial charge is 0.383 e. The smallest absolute Gasteiger partial charge is 0.131 e. The Morgan fingerprint density at radius 3 is 2.27 bits per heavy atom. The van der Waals surface area contributed by atoms with Crippen LogP contribution in [0.4, 0.5) is 0 Å². The van der Waals surface area contributed by atoms with Gasteiger partial charge in [-0.15, -0.1) is 10.2 Å². The molecule has 2 N–H and O–H groups in total. The van der Waals surface area contributed by atoms with Crippen LogP contribution in [0.5, 0.6) is 0 Å². The van der Waals surface area contributed by atoms with E-state index in [-0.39, 0.29) is 5.41 Å². The van der Waals surface area contributed by atoms with Gasteiger partial charge in [0, 0.05) is 5.02 Å². The van der Waals surface area contributed by atoms with Gasteiger partial charge in [0.15, 0.2) is 0 Å². The monoisotopic (exact) mass is 375 g/mol. The van der Waals surface area contributed by atoms with Crippen LogP contribution in [0, 0.1) is 10.8 Å². The fourth-order valence-corrected chi connectivity index (χ4v) is 3.22. The van der Waals surface area contributed by atoms with Crippen LogP contribution in [0.25, 0.3) is 16.7 Å². The lowest BCUT2D eigenvalue weighted by molar-refractivity contribution is -0.0874. The Morgan fingerprint density at radius 1 is 1.08 bits per heavy atom. The van der Waals surface area contributed by atoms with E-state index in [0.717, 1.165) is 5.57 Å². The van der Waals surface area contributed by atoms with Crippen molar-refractivity contribution in [3.63, 3.8) is 0 Å². The molecule has 0 saturated carbocycles. The van der Waals surface area contributed by atoms with Crippen LogP contribution in [0.15, 0.2) is 35.9 Å². The third-order valence-corrected chi connectivity index (χ3v) is 5.25. The lowest BCUT2D eigenvalue weighted by Gasteiger charge is -2.45. The van der Waals surface area contributed by atoms with Crippen LogP contribution >= 0.6 is 11.6 Å². The van der Waals surface area contributed by atoms with Gasteiger partial charge >= 0.3 is 0 Å². The quantitative estimate of drug-likeness (QED) is 0.788. The lowest BCUT2D eigenvalue weighted by Crippen LogP contribution is -2.54. The molecule has 2 unspecified atom stereocenters. The number of allylic oxidation sites excluding steroid dienone is 2. The van der Waals surface area contributed by atoms with E-state index in [4.69, 9.17) is 11.6 Å². The second-order valence-electron chi connectivity index (χ2n) is 9.02. The molecule has 6 heteroatoms. The number of halogens is 1. The lowest BCUT2D eigenvalue weighted by atomic mass is 9.67. The van der Waals surface area contributed by atoms with Gasteiger partial charge in [-0.25, -0.2) is 0 Å². The molecule has 0 saturated heterocycles. The van der Waals surface area contributed by atoms with Crippen molar-refractivity contribution in [2.24, 2.45) is 10.8 Å². The van der Waals surface area contributed by atoms with Crippen LogP contribution in [-0.2, 0) is 0 Å². The van der Waals surface area contributed by atoms with Gasteiger partial charge in [-0.3, -0.25) is 0 Å². The Labute approximate surface area is 159 Å². The highest BCUT2D eigenvalue weighted by Gasteiger charge is 2.49. The summed E-state index contributed by atoms with van der Waals surface area (Å²) in [6.07, 6.45) is 2.48. The minimum Gasteiger partial charge on any atom is -0.383 e. The summed E-state index contributed by atoms with van der Waals surface area (Å²) in [6.45, 7) is 11.9. The Morgan fingerprint density at radius 2 is 1.69 bits per heavy atom. The molecule has 3 rings (SSSR count). The Kier molecular flexibility index (Phi) is 4.34. The summed E-state index contributed by atoms with van der Waals surface area (Å²) in [5.41, 5.74) is 0.442. The molecule has 140 valence electrons. The first-order valence-corrected chi connectivity index (χ1v) is 9.09. The van der Waals surface area contributed by atoms with Gasteiger partial charge in [-0.2, -0.15) is 4.80 Å². The van der Waals surface area contributed by atoms with Crippen molar-refractivity contribution in [3.8, 4) is 0 Å². The number of nitrogens with zero attached hydrogens (tertiary/aromatic N) is 3. The molecule has 0 fully saturated rings. The second-order valence-corrected chi connectivity index (χ2v) is 9.46. The van der Waals surface area contributed by atoms with E-state index in [0.29, 0.717) is 21.8 Å². The van der Waals surface area contributed by atoms with Gasteiger partial charge in [0.1, 0.15) is 22.7 Å². The average molecular weight is 376 g/mol. The molecule has 0 amide bonds. The zero-order valence-corrected chi connectivity index (χ0v) is 16.8. The summed E-state index contributed by atoms with van der Waals surface area (Å²) in [4.78, 5) is 1.40. The normalized spacial score (nSPS) is 24.6. The van der Waals surface area contributed by atoms with E-state index >= 15 is 0 Å². The number of hydrogen-bond acceptors (Lipinski definition) is 4. The Bertz CT molecular complexity index is 915. The molecular weight excluding hydrogens is 350 g/mol. The van der Waals surface area contributed by atoms with E-state index in [2.05, 4.69) is 31.0 Å². The molecule has 1 heterocycles. The number of fused-ring (bicyclic) bond motifs is 1. The maximum atomic E-state index is 11.4. The topological polar surface area (TPSA) is 71.2 Å². The molecule has 1 aliphatic rings. The van der Waals surface area contributed by atoms with Crippen molar-refractivity contribution in [2.75, 3.05) is 0 Å². The number of aliphatic hydroxyl groups excluding tert-OH is 1. The van der Waals surface area contributed by atoms with Gasteiger partial charge < -0.3 is 10.2 Å². The van der Waals surface area contributed by atoms with Crippen LogP contribution in [-0.4, -0.2) is 36.9 Å². The molecule has 2 aromatic rings. The Hall–Kier alpha value is -1.69. The first kappa shape index (κ1) is 19.1. The van der Waals surface area contributed by atoms with Crippen molar-refractivity contribution in [2.45, 2.75) is 53.2 Å². The summed E-state index contributed by atoms with van der Waals surface area (Å²) >= 11 is 6.04. The summed E-state index contributed by atoms with van der Waals surface area (Å²) in [6, 6.07) is 5.26. The molecule has 5 nitrogen and oxygen atoms in total. The highest BCUT2D eigenvalue weighted by molar-refractivity contribution is 6.31. The van der Waals surface area contributed by atoms with E-state index < -0.39 is 17.1 Å². The fraction of sp³-hybridized carbons (Fsp3) is 0.500. The van der Waals surface area contributed by atoms with Crippen molar-refractivity contribution in [3.05, 3.63) is 40.9 Å². The van der Waals surface area contributed by atoms with Gasteiger partial charge in [0.05, 0.1) is 5.70 Å².